The molecule has 0 radical (unpaired) electrons. The molecular weight excluding hydrogens is 266 g/mol. The van der Waals surface area contributed by atoms with Crippen molar-refractivity contribution in [3.05, 3.63) is 40.9 Å². The van der Waals surface area contributed by atoms with Crippen molar-refractivity contribution >= 4 is 15.9 Å². The van der Waals surface area contributed by atoms with E-state index in [0.717, 1.165) is 21.8 Å². The first kappa shape index (κ1) is 11.2. The third kappa shape index (κ3) is 2.44. The van der Waals surface area contributed by atoms with Crippen LogP contribution in [0.25, 0.3) is 11.4 Å². The highest BCUT2D eigenvalue weighted by Gasteiger charge is 2.08. The zero-order valence-corrected chi connectivity index (χ0v) is 10.8. The minimum atomic E-state index is 0.306. The van der Waals surface area contributed by atoms with Gasteiger partial charge in [0.1, 0.15) is 10.4 Å². The van der Waals surface area contributed by atoms with Crippen molar-refractivity contribution in [1.29, 1.82) is 0 Å². The van der Waals surface area contributed by atoms with Gasteiger partial charge >= 0.3 is 0 Å². The summed E-state index contributed by atoms with van der Waals surface area (Å²) in [6.45, 7) is 4.15. The SMILES string of the molecule is CC(C)c1nc(Br)cc(-c2ccccn2)n1. The van der Waals surface area contributed by atoms with Crippen molar-refractivity contribution in [3.8, 4) is 11.4 Å². The van der Waals surface area contributed by atoms with Crippen LogP contribution in [0.5, 0.6) is 0 Å². The lowest BCUT2D eigenvalue weighted by atomic mass is 10.2. The zero-order valence-electron chi connectivity index (χ0n) is 9.18. The first-order valence-electron chi connectivity index (χ1n) is 5.12. The summed E-state index contributed by atoms with van der Waals surface area (Å²) in [7, 11) is 0. The van der Waals surface area contributed by atoms with E-state index in [1.165, 1.54) is 0 Å². The molecule has 82 valence electrons. The first-order chi connectivity index (χ1) is 7.66. The average Bonchev–Trinajstić information content (AvgIpc) is 2.29. The molecule has 2 aromatic heterocycles. The number of rotatable bonds is 2. The van der Waals surface area contributed by atoms with Crippen molar-refractivity contribution in [1.82, 2.24) is 15.0 Å². The van der Waals surface area contributed by atoms with Crippen LogP contribution >= 0.6 is 15.9 Å². The van der Waals surface area contributed by atoms with E-state index in [0.29, 0.717) is 5.92 Å². The Morgan fingerprint density at radius 1 is 1.12 bits per heavy atom. The van der Waals surface area contributed by atoms with Crippen LogP contribution in [0.1, 0.15) is 25.6 Å². The monoisotopic (exact) mass is 277 g/mol. The summed E-state index contributed by atoms with van der Waals surface area (Å²) in [4.78, 5) is 13.1. The second kappa shape index (κ2) is 4.70. The van der Waals surface area contributed by atoms with E-state index in [9.17, 15) is 0 Å². The van der Waals surface area contributed by atoms with Crippen molar-refractivity contribution in [2.45, 2.75) is 19.8 Å². The molecule has 0 N–H and O–H groups in total. The quantitative estimate of drug-likeness (QED) is 0.790. The van der Waals surface area contributed by atoms with Gasteiger partial charge in [-0.05, 0) is 34.1 Å². The fourth-order valence-corrected chi connectivity index (χ4v) is 1.74. The molecule has 0 bridgehead atoms. The maximum absolute atomic E-state index is 4.50. The molecule has 16 heavy (non-hydrogen) atoms. The first-order valence-corrected chi connectivity index (χ1v) is 5.92. The molecule has 0 unspecified atom stereocenters. The molecule has 0 atom stereocenters. The van der Waals surface area contributed by atoms with Crippen LogP contribution < -0.4 is 0 Å². The van der Waals surface area contributed by atoms with Crippen LogP contribution in [-0.4, -0.2) is 15.0 Å². The Hall–Kier alpha value is -1.29. The summed E-state index contributed by atoms with van der Waals surface area (Å²) >= 11 is 3.40. The Morgan fingerprint density at radius 2 is 1.94 bits per heavy atom. The molecule has 0 aliphatic rings. The Bertz CT molecular complexity index is 483. The molecule has 4 heteroatoms. The summed E-state index contributed by atoms with van der Waals surface area (Å²) in [6.07, 6.45) is 1.76. The summed E-state index contributed by atoms with van der Waals surface area (Å²) in [6, 6.07) is 7.67. The molecule has 0 aromatic carbocycles. The normalized spacial score (nSPS) is 10.8. The van der Waals surface area contributed by atoms with E-state index in [2.05, 4.69) is 44.7 Å². The summed E-state index contributed by atoms with van der Waals surface area (Å²) in [5.74, 6) is 1.13. The maximum atomic E-state index is 4.50. The molecule has 2 aromatic rings. The molecule has 0 saturated carbocycles. The van der Waals surface area contributed by atoms with Crippen LogP contribution in [0, 0.1) is 0 Å². The lowest BCUT2D eigenvalue weighted by molar-refractivity contribution is 0.770. The third-order valence-corrected chi connectivity index (χ3v) is 2.56. The minimum Gasteiger partial charge on any atom is -0.255 e. The number of hydrogen-bond acceptors (Lipinski definition) is 3. The van der Waals surface area contributed by atoms with Gasteiger partial charge in [0.2, 0.25) is 0 Å². The van der Waals surface area contributed by atoms with E-state index in [4.69, 9.17) is 0 Å². The molecule has 3 nitrogen and oxygen atoms in total. The van der Waals surface area contributed by atoms with Gasteiger partial charge in [0.25, 0.3) is 0 Å². The highest BCUT2D eigenvalue weighted by molar-refractivity contribution is 9.10. The van der Waals surface area contributed by atoms with Gasteiger partial charge in [-0.2, -0.15) is 0 Å². The second-order valence-electron chi connectivity index (χ2n) is 3.80. The minimum absolute atomic E-state index is 0.306. The van der Waals surface area contributed by atoms with Gasteiger partial charge in [0, 0.05) is 12.1 Å². The molecule has 2 rings (SSSR count). The second-order valence-corrected chi connectivity index (χ2v) is 4.62. The largest absolute Gasteiger partial charge is 0.255 e. The smallest absolute Gasteiger partial charge is 0.132 e. The average molecular weight is 278 g/mol. The van der Waals surface area contributed by atoms with Crippen LogP contribution in [0.3, 0.4) is 0 Å². The number of nitrogens with zero attached hydrogens (tertiary/aromatic N) is 3. The molecule has 0 spiro atoms. The zero-order chi connectivity index (χ0) is 11.5. The van der Waals surface area contributed by atoms with Crippen LogP contribution in [-0.2, 0) is 0 Å². The maximum Gasteiger partial charge on any atom is 0.132 e. The molecule has 0 fully saturated rings. The Labute approximate surface area is 103 Å². The van der Waals surface area contributed by atoms with Crippen molar-refractivity contribution in [2.75, 3.05) is 0 Å². The van der Waals surface area contributed by atoms with Gasteiger partial charge in [0.15, 0.2) is 0 Å². The van der Waals surface area contributed by atoms with E-state index in [-0.39, 0.29) is 0 Å². The number of pyridine rings is 1. The Balaban J connectivity index is 2.50. The third-order valence-electron chi connectivity index (χ3n) is 2.16. The van der Waals surface area contributed by atoms with Crippen molar-refractivity contribution in [2.24, 2.45) is 0 Å². The van der Waals surface area contributed by atoms with E-state index < -0.39 is 0 Å². The van der Waals surface area contributed by atoms with Crippen LogP contribution in [0.4, 0.5) is 0 Å². The van der Waals surface area contributed by atoms with Gasteiger partial charge in [-0.15, -0.1) is 0 Å². The molecule has 0 aliphatic heterocycles. The molecule has 2 heterocycles. The van der Waals surface area contributed by atoms with Gasteiger partial charge in [-0.3, -0.25) is 4.98 Å². The van der Waals surface area contributed by atoms with Gasteiger partial charge in [-0.25, -0.2) is 9.97 Å². The van der Waals surface area contributed by atoms with E-state index in [1.807, 2.05) is 24.3 Å². The lowest BCUT2D eigenvalue weighted by Crippen LogP contribution is -2.00. The predicted molar refractivity (Wildman–Crippen MR) is 67.1 cm³/mol. The van der Waals surface area contributed by atoms with Crippen molar-refractivity contribution in [3.63, 3.8) is 0 Å². The summed E-state index contributed by atoms with van der Waals surface area (Å²) in [5, 5.41) is 0. The van der Waals surface area contributed by atoms with Crippen molar-refractivity contribution < 1.29 is 0 Å². The highest BCUT2D eigenvalue weighted by atomic mass is 79.9. The van der Waals surface area contributed by atoms with Crippen LogP contribution in [0.2, 0.25) is 0 Å². The number of aromatic nitrogens is 3. The van der Waals surface area contributed by atoms with E-state index >= 15 is 0 Å². The van der Waals surface area contributed by atoms with Gasteiger partial charge in [0.05, 0.1) is 11.4 Å². The fraction of sp³-hybridized carbons (Fsp3) is 0.250. The molecule has 0 saturated heterocycles. The number of halogens is 1. The van der Waals surface area contributed by atoms with Gasteiger partial charge in [-0.1, -0.05) is 19.9 Å². The van der Waals surface area contributed by atoms with Crippen LogP contribution in [0.15, 0.2) is 35.1 Å². The molecular formula is C12H12BrN3. The molecule has 0 aliphatic carbocycles. The van der Waals surface area contributed by atoms with Gasteiger partial charge < -0.3 is 0 Å². The topological polar surface area (TPSA) is 38.7 Å². The number of hydrogen-bond donors (Lipinski definition) is 0. The standard InChI is InChI=1S/C12H12BrN3/c1-8(2)12-15-10(7-11(13)16-12)9-5-3-4-6-14-9/h3-8H,1-2H3. The fourth-order valence-electron chi connectivity index (χ4n) is 1.34. The summed E-state index contributed by atoms with van der Waals surface area (Å²) < 4.78 is 0.798. The highest BCUT2D eigenvalue weighted by Crippen LogP contribution is 2.20. The molecule has 0 amide bonds. The lowest BCUT2D eigenvalue weighted by Gasteiger charge is -2.06. The Morgan fingerprint density at radius 3 is 2.56 bits per heavy atom. The Kier molecular flexibility index (Phi) is 3.29. The predicted octanol–water partition coefficient (Wildman–Crippen LogP) is 3.42. The van der Waals surface area contributed by atoms with E-state index in [1.54, 1.807) is 6.20 Å². The summed E-state index contributed by atoms with van der Waals surface area (Å²) in [5.41, 5.74) is 1.72.